The van der Waals surface area contributed by atoms with Crippen molar-refractivity contribution in [3.63, 3.8) is 0 Å². The Morgan fingerprint density at radius 2 is 1.85 bits per heavy atom. The molecule has 1 amide bonds. The number of hydrogen-bond donors (Lipinski definition) is 3. The lowest BCUT2D eigenvalue weighted by Gasteiger charge is -2.24. The maximum absolute atomic E-state index is 13.1. The first-order valence-electron chi connectivity index (χ1n) is 12.6. The van der Waals surface area contributed by atoms with Gasteiger partial charge in [-0.15, -0.1) is 10.2 Å². The number of nitrogens with one attached hydrogen (secondary N) is 2. The van der Waals surface area contributed by atoms with Gasteiger partial charge in [0.25, 0.3) is 0 Å². The molecule has 0 aliphatic carbocycles. The first kappa shape index (κ1) is 29.1. The van der Waals surface area contributed by atoms with Crippen LogP contribution in [0.25, 0.3) is 5.69 Å². The third-order valence-corrected chi connectivity index (χ3v) is 6.77. The fraction of sp³-hybridized carbons (Fsp3) is 0.370. The van der Waals surface area contributed by atoms with Gasteiger partial charge in [-0.25, -0.2) is 4.79 Å². The number of aliphatic carboxylic acids is 1. The van der Waals surface area contributed by atoms with E-state index in [0.29, 0.717) is 10.8 Å². The van der Waals surface area contributed by atoms with Crippen molar-refractivity contribution < 1.29 is 28.2 Å². The van der Waals surface area contributed by atoms with E-state index in [9.17, 15) is 13.6 Å². The minimum atomic E-state index is -3.23. The average Bonchev–Trinajstić information content (AvgIpc) is 3.26. The van der Waals surface area contributed by atoms with Crippen molar-refractivity contribution in [2.45, 2.75) is 44.7 Å². The molecule has 10 nitrogen and oxygen atoms in total. The van der Waals surface area contributed by atoms with Crippen LogP contribution >= 0.6 is 11.6 Å². The molecule has 1 unspecified atom stereocenters. The summed E-state index contributed by atoms with van der Waals surface area (Å²) in [7, 11) is 1.64. The van der Waals surface area contributed by atoms with Crippen LogP contribution in [0.5, 0.6) is 5.75 Å². The summed E-state index contributed by atoms with van der Waals surface area (Å²) in [6, 6.07) is 13.1. The second kappa shape index (κ2) is 13.0. The first-order chi connectivity index (χ1) is 19.2. The third-order valence-electron chi connectivity index (χ3n) is 6.52. The quantitative estimate of drug-likeness (QED) is 0.409. The minimum Gasteiger partial charge on any atom is -0.497 e. The van der Waals surface area contributed by atoms with Gasteiger partial charge in [-0.05, 0) is 63.2 Å². The maximum Gasteiger partial charge on any atom is 0.371 e. The number of aromatic nitrogens is 3. The molecular weight excluding hydrogens is 546 g/mol. The molecule has 1 aromatic heterocycles. The zero-order valence-electron chi connectivity index (χ0n) is 21.9. The van der Waals surface area contributed by atoms with E-state index in [4.69, 9.17) is 31.2 Å². The smallest absolute Gasteiger partial charge is 0.371 e. The number of piperidine rings is 1. The normalized spacial score (nSPS) is 16.6. The number of alkyl halides is 2. The number of fused-ring (bicyclic) bond motifs is 3. The number of aliphatic imine (C=N–C) groups is 1. The third kappa shape index (κ3) is 6.80. The number of rotatable bonds is 6. The highest BCUT2D eigenvalue weighted by Crippen LogP contribution is 2.34. The predicted octanol–water partition coefficient (Wildman–Crippen LogP) is 3.72. The lowest BCUT2D eigenvalue weighted by atomic mass is 10.00. The molecule has 0 bridgehead atoms. The van der Waals surface area contributed by atoms with Gasteiger partial charge >= 0.3 is 12.4 Å². The molecule has 5 rings (SSSR count). The average molecular weight is 575 g/mol. The summed E-state index contributed by atoms with van der Waals surface area (Å²) < 4.78 is 28.6. The van der Waals surface area contributed by atoms with Gasteiger partial charge in [0.1, 0.15) is 17.6 Å². The van der Waals surface area contributed by atoms with Crippen LogP contribution in [-0.2, 0) is 9.59 Å². The number of methoxy groups -OCH3 is 1. The lowest BCUT2D eigenvalue weighted by Crippen LogP contribution is -2.43. The highest BCUT2D eigenvalue weighted by Gasteiger charge is 2.30. The van der Waals surface area contributed by atoms with E-state index in [2.05, 4.69) is 20.8 Å². The number of aryl methyl sites for hydroxylation is 1. The van der Waals surface area contributed by atoms with Gasteiger partial charge in [0.05, 0.1) is 24.9 Å². The number of benzene rings is 2. The second-order valence-electron chi connectivity index (χ2n) is 9.26. The molecule has 3 heterocycles. The molecule has 1 atom stereocenters. The number of carbonyl (C=O) groups excluding carboxylic acids is 1. The minimum absolute atomic E-state index is 0.0353. The second-order valence-corrected chi connectivity index (χ2v) is 9.70. The molecule has 2 aliphatic heterocycles. The van der Waals surface area contributed by atoms with Crippen LogP contribution in [0.2, 0.25) is 5.02 Å². The Bertz CT molecular complexity index is 1390. The van der Waals surface area contributed by atoms with Crippen LogP contribution in [-0.4, -0.2) is 70.1 Å². The fourth-order valence-corrected chi connectivity index (χ4v) is 4.73. The van der Waals surface area contributed by atoms with Crippen molar-refractivity contribution in [2.24, 2.45) is 4.99 Å². The van der Waals surface area contributed by atoms with Gasteiger partial charge in [-0.2, -0.15) is 8.78 Å². The van der Waals surface area contributed by atoms with Gasteiger partial charge in [0, 0.05) is 22.2 Å². The Morgan fingerprint density at radius 1 is 1.18 bits per heavy atom. The van der Waals surface area contributed by atoms with E-state index in [-0.39, 0.29) is 18.4 Å². The van der Waals surface area contributed by atoms with Crippen LogP contribution in [0, 0.1) is 6.92 Å². The van der Waals surface area contributed by atoms with Crippen LogP contribution in [0.3, 0.4) is 0 Å². The number of carbonyl (C=O) groups is 2. The summed E-state index contributed by atoms with van der Waals surface area (Å²) in [5.74, 6) is -0.0114. The lowest BCUT2D eigenvalue weighted by molar-refractivity contribution is -0.149. The standard InChI is InChI=1S/C25H27ClN6O2.C2H2F2O2/c1-15-30-31-25-21(14-23(33)28-18-9-11-27-12-10-18)29-24(16-3-5-17(26)6-4-16)20-13-19(34-2)7-8-22(20)32(15)25;3-1(4)2(5)6/h3-8,13,18,21,27H,9-12,14H2,1-2H3,(H,28,33);1H,(H,5,6). The number of amides is 1. The summed E-state index contributed by atoms with van der Waals surface area (Å²) in [6.07, 6.45) is -1.19. The SMILES string of the molecule is COc1ccc2c(c1)C(c1ccc(Cl)cc1)=NC(CC(=O)NC1CCNCC1)c1nnc(C)n1-2.O=C(O)C(F)F. The highest BCUT2D eigenvalue weighted by atomic mass is 35.5. The zero-order valence-corrected chi connectivity index (χ0v) is 22.7. The fourth-order valence-electron chi connectivity index (χ4n) is 4.61. The van der Waals surface area contributed by atoms with E-state index in [0.717, 1.165) is 60.0 Å². The summed E-state index contributed by atoms with van der Waals surface area (Å²) in [5, 5.41) is 23.2. The summed E-state index contributed by atoms with van der Waals surface area (Å²) in [5.41, 5.74) is 3.44. The monoisotopic (exact) mass is 574 g/mol. The van der Waals surface area contributed by atoms with E-state index in [1.54, 1.807) is 7.11 Å². The Balaban J connectivity index is 0.000000557. The number of hydrogen-bond acceptors (Lipinski definition) is 7. The highest BCUT2D eigenvalue weighted by molar-refractivity contribution is 6.30. The molecule has 1 saturated heterocycles. The Hall–Kier alpha value is -3.90. The van der Waals surface area contributed by atoms with Crippen molar-refractivity contribution >= 4 is 29.2 Å². The molecule has 2 aliphatic rings. The molecule has 1 fully saturated rings. The molecular formula is C27H29ClF2N6O4. The van der Waals surface area contributed by atoms with Crippen molar-refractivity contribution in [1.82, 2.24) is 25.4 Å². The molecule has 2 aromatic carbocycles. The Morgan fingerprint density at radius 3 is 2.48 bits per heavy atom. The number of carboxylic acids is 1. The number of ether oxygens (including phenoxy) is 1. The molecule has 212 valence electrons. The van der Waals surface area contributed by atoms with Gasteiger partial charge in [-0.1, -0.05) is 23.7 Å². The Labute approximate surface area is 234 Å². The van der Waals surface area contributed by atoms with Crippen LogP contribution < -0.4 is 15.4 Å². The summed E-state index contributed by atoms with van der Waals surface area (Å²) >= 11 is 6.16. The molecule has 40 heavy (non-hydrogen) atoms. The number of halogens is 3. The summed E-state index contributed by atoms with van der Waals surface area (Å²) in [4.78, 5) is 27.1. The van der Waals surface area contributed by atoms with Gasteiger partial charge < -0.3 is 20.5 Å². The molecule has 0 spiro atoms. The summed E-state index contributed by atoms with van der Waals surface area (Å²) in [6.45, 7) is 3.74. The predicted molar refractivity (Wildman–Crippen MR) is 145 cm³/mol. The van der Waals surface area contributed by atoms with Crippen molar-refractivity contribution in [3.05, 3.63) is 70.3 Å². The molecule has 0 radical (unpaired) electrons. The Kier molecular flexibility index (Phi) is 9.43. The van der Waals surface area contributed by atoms with E-state index in [1.807, 2.05) is 54.0 Å². The van der Waals surface area contributed by atoms with Gasteiger partial charge in [-0.3, -0.25) is 14.4 Å². The van der Waals surface area contributed by atoms with E-state index in [1.165, 1.54) is 0 Å². The largest absolute Gasteiger partial charge is 0.497 e. The van der Waals surface area contributed by atoms with E-state index < -0.39 is 18.4 Å². The molecule has 13 heteroatoms. The maximum atomic E-state index is 13.1. The van der Waals surface area contributed by atoms with Crippen LogP contribution in [0.1, 0.15) is 48.1 Å². The molecule has 3 aromatic rings. The molecule has 0 saturated carbocycles. The van der Waals surface area contributed by atoms with Crippen molar-refractivity contribution in [1.29, 1.82) is 0 Å². The number of carboxylic acid groups (broad SMARTS) is 1. The zero-order chi connectivity index (χ0) is 28.8. The first-order valence-corrected chi connectivity index (χ1v) is 13.0. The van der Waals surface area contributed by atoms with Crippen LogP contribution in [0.15, 0.2) is 47.5 Å². The van der Waals surface area contributed by atoms with E-state index >= 15 is 0 Å². The van der Waals surface area contributed by atoms with Crippen LogP contribution in [0.4, 0.5) is 8.78 Å². The van der Waals surface area contributed by atoms with Gasteiger partial charge in [0.2, 0.25) is 5.91 Å². The number of nitrogens with zero attached hydrogens (tertiary/aromatic N) is 4. The van der Waals surface area contributed by atoms with Gasteiger partial charge in [0.15, 0.2) is 5.82 Å². The van der Waals surface area contributed by atoms with Crippen molar-refractivity contribution in [2.75, 3.05) is 20.2 Å². The molecule has 3 N–H and O–H groups in total. The van der Waals surface area contributed by atoms with Crippen molar-refractivity contribution in [3.8, 4) is 11.4 Å². The topological polar surface area (TPSA) is 131 Å².